The van der Waals surface area contributed by atoms with E-state index < -0.39 is 0 Å². The zero-order valence-corrected chi connectivity index (χ0v) is 15.2. The Balaban J connectivity index is 1.62. The van der Waals surface area contributed by atoms with Crippen molar-refractivity contribution in [1.82, 2.24) is 5.32 Å². The van der Waals surface area contributed by atoms with Crippen LogP contribution < -0.4 is 5.32 Å². The first-order chi connectivity index (χ1) is 11.6. The van der Waals surface area contributed by atoms with E-state index in [1.165, 1.54) is 24.8 Å². The molecule has 0 spiro atoms. The van der Waals surface area contributed by atoms with Crippen LogP contribution >= 0.6 is 0 Å². The van der Waals surface area contributed by atoms with E-state index in [2.05, 4.69) is 49.5 Å². The minimum Gasteiger partial charge on any atom is -0.353 e. The van der Waals surface area contributed by atoms with Gasteiger partial charge in [0.15, 0.2) is 0 Å². The Bertz CT molecular complexity index is 594. The molecule has 0 saturated heterocycles. The molecule has 1 aromatic carbocycles. The number of benzene rings is 1. The lowest BCUT2D eigenvalue weighted by Gasteiger charge is -2.61. The van der Waals surface area contributed by atoms with Gasteiger partial charge in [-0.25, -0.2) is 0 Å². The Hall–Kier alpha value is -1.31. The summed E-state index contributed by atoms with van der Waals surface area (Å²) in [5.74, 6) is 1.86. The predicted octanol–water partition coefficient (Wildman–Crippen LogP) is 4.83. The summed E-state index contributed by atoms with van der Waals surface area (Å²) < 4.78 is 0. The second-order valence-electron chi connectivity index (χ2n) is 9.05. The molecule has 1 amide bonds. The van der Waals surface area contributed by atoms with Gasteiger partial charge in [0.05, 0.1) is 5.41 Å². The van der Waals surface area contributed by atoms with E-state index in [0.717, 1.165) is 43.9 Å². The highest BCUT2D eigenvalue weighted by Gasteiger charge is 2.60. The van der Waals surface area contributed by atoms with Crippen molar-refractivity contribution in [2.75, 3.05) is 0 Å². The molecule has 24 heavy (non-hydrogen) atoms. The molecule has 4 fully saturated rings. The molecule has 0 aromatic heterocycles. The highest BCUT2D eigenvalue weighted by Crippen LogP contribution is 2.65. The maximum atomic E-state index is 13.2. The zero-order chi connectivity index (χ0) is 16.8. The molecule has 1 aromatic rings. The van der Waals surface area contributed by atoms with E-state index >= 15 is 0 Å². The van der Waals surface area contributed by atoms with E-state index in [9.17, 15) is 4.79 Å². The summed E-state index contributed by atoms with van der Waals surface area (Å²) in [6.45, 7) is 4.35. The number of carbonyl (C=O) groups excluding carboxylic acids is 1. The van der Waals surface area contributed by atoms with Crippen molar-refractivity contribution in [2.45, 2.75) is 76.7 Å². The molecule has 0 radical (unpaired) electrons. The highest BCUT2D eigenvalue weighted by atomic mass is 16.2. The summed E-state index contributed by atoms with van der Waals surface area (Å²) in [6, 6.07) is 11.4. The molecule has 130 valence electrons. The van der Waals surface area contributed by atoms with Gasteiger partial charge in [-0.2, -0.15) is 0 Å². The predicted molar refractivity (Wildman–Crippen MR) is 97.7 cm³/mol. The Morgan fingerprint density at radius 1 is 1.17 bits per heavy atom. The third kappa shape index (κ3) is 2.59. The molecule has 3 atom stereocenters. The van der Waals surface area contributed by atoms with Crippen LogP contribution in [0, 0.1) is 17.3 Å². The smallest absolute Gasteiger partial charge is 0.226 e. The molecule has 1 N–H and O–H groups in total. The van der Waals surface area contributed by atoms with Gasteiger partial charge in [-0.05, 0) is 74.7 Å². The lowest BCUT2D eigenvalue weighted by atomic mass is 9.42. The van der Waals surface area contributed by atoms with Crippen LogP contribution in [0.15, 0.2) is 30.3 Å². The van der Waals surface area contributed by atoms with Gasteiger partial charge in [-0.1, -0.05) is 43.7 Å². The molecular weight excluding hydrogens is 294 g/mol. The van der Waals surface area contributed by atoms with Crippen LogP contribution in [0.2, 0.25) is 0 Å². The summed E-state index contributed by atoms with van der Waals surface area (Å²) in [6.07, 6.45) is 9.49. The standard InChI is InChI=1S/C22H31NO/c1-3-7-16(2)23-20(24)22-13-17-10-18(14-22)12-21(11-17,15-22)19-8-5-4-6-9-19/h4-6,8-9,16-18H,3,7,10-15H2,1-2H3,(H,23,24)/t16-,17+,18+,21?,22?/m0/s1. The van der Waals surface area contributed by atoms with Crippen molar-refractivity contribution in [3.05, 3.63) is 35.9 Å². The molecule has 4 bridgehead atoms. The normalized spacial score (nSPS) is 38.1. The fourth-order valence-corrected chi connectivity index (χ4v) is 6.54. The number of hydrogen-bond acceptors (Lipinski definition) is 1. The molecule has 5 rings (SSSR count). The first kappa shape index (κ1) is 16.2. The molecule has 0 unspecified atom stereocenters. The second-order valence-corrected chi connectivity index (χ2v) is 9.05. The fraction of sp³-hybridized carbons (Fsp3) is 0.682. The zero-order valence-electron chi connectivity index (χ0n) is 15.2. The van der Waals surface area contributed by atoms with E-state index in [1.54, 1.807) is 0 Å². The largest absolute Gasteiger partial charge is 0.353 e. The average Bonchev–Trinajstić information content (AvgIpc) is 2.54. The number of nitrogens with one attached hydrogen (secondary N) is 1. The van der Waals surface area contributed by atoms with Crippen LogP contribution in [-0.2, 0) is 10.2 Å². The van der Waals surface area contributed by atoms with Gasteiger partial charge in [0.25, 0.3) is 0 Å². The van der Waals surface area contributed by atoms with Crippen LogP contribution in [0.3, 0.4) is 0 Å². The molecule has 0 aliphatic heterocycles. The minimum atomic E-state index is -0.0953. The molecule has 2 heteroatoms. The minimum absolute atomic E-state index is 0.0953. The highest BCUT2D eigenvalue weighted by molar-refractivity contribution is 5.83. The quantitative estimate of drug-likeness (QED) is 0.825. The molecule has 4 aliphatic rings. The van der Waals surface area contributed by atoms with E-state index in [0.29, 0.717) is 11.9 Å². The number of carbonyl (C=O) groups is 1. The lowest BCUT2D eigenvalue weighted by Crippen LogP contribution is -2.59. The lowest BCUT2D eigenvalue weighted by molar-refractivity contribution is -0.149. The summed E-state index contributed by atoms with van der Waals surface area (Å²) >= 11 is 0. The van der Waals surface area contributed by atoms with Crippen molar-refractivity contribution >= 4 is 5.91 Å². The number of amides is 1. The maximum Gasteiger partial charge on any atom is 0.226 e. The van der Waals surface area contributed by atoms with Gasteiger partial charge in [-0.15, -0.1) is 0 Å². The Labute approximate surface area is 146 Å². The van der Waals surface area contributed by atoms with Gasteiger partial charge in [0, 0.05) is 6.04 Å². The van der Waals surface area contributed by atoms with Crippen molar-refractivity contribution in [3.63, 3.8) is 0 Å². The van der Waals surface area contributed by atoms with Crippen LogP contribution in [0.25, 0.3) is 0 Å². The summed E-state index contributed by atoms with van der Waals surface area (Å²) in [7, 11) is 0. The van der Waals surface area contributed by atoms with E-state index in [1.807, 2.05) is 0 Å². The second kappa shape index (κ2) is 5.89. The molecule has 0 heterocycles. The summed E-state index contributed by atoms with van der Waals surface area (Å²) in [5.41, 5.74) is 1.65. The fourth-order valence-electron chi connectivity index (χ4n) is 6.54. The molecule has 2 nitrogen and oxygen atoms in total. The maximum absolute atomic E-state index is 13.2. The Morgan fingerprint density at radius 3 is 2.46 bits per heavy atom. The van der Waals surface area contributed by atoms with E-state index in [4.69, 9.17) is 0 Å². The summed E-state index contributed by atoms with van der Waals surface area (Å²) in [4.78, 5) is 13.2. The van der Waals surface area contributed by atoms with Gasteiger partial charge in [0.2, 0.25) is 5.91 Å². The van der Waals surface area contributed by atoms with Crippen LogP contribution in [0.4, 0.5) is 0 Å². The van der Waals surface area contributed by atoms with Crippen LogP contribution in [0.1, 0.15) is 70.8 Å². The monoisotopic (exact) mass is 325 g/mol. The average molecular weight is 325 g/mol. The first-order valence-electron chi connectivity index (χ1n) is 9.92. The number of hydrogen-bond donors (Lipinski definition) is 1. The molecule has 4 aliphatic carbocycles. The van der Waals surface area contributed by atoms with Crippen molar-refractivity contribution in [2.24, 2.45) is 17.3 Å². The topological polar surface area (TPSA) is 29.1 Å². The van der Waals surface area contributed by atoms with Gasteiger partial charge in [0.1, 0.15) is 0 Å². The van der Waals surface area contributed by atoms with Gasteiger partial charge >= 0.3 is 0 Å². The molecule has 4 saturated carbocycles. The van der Waals surface area contributed by atoms with E-state index in [-0.39, 0.29) is 10.8 Å². The Kier molecular flexibility index (Phi) is 3.97. The van der Waals surface area contributed by atoms with Crippen LogP contribution in [0.5, 0.6) is 0 Å². The van der Waals surface area contributed by atoms with Gasteiger partial charge < -0.3 is 5.32 Å². The summed E-state index contributed by atoms with van der Waals surface area (Å²) in [5, 5.41) is 3.37. The van der Waals surface area contributed by atoms with Crippen molar-refractivity contribution in [1.29, 1.82) is 0 Å². The molecular formula is C22H31NO. The first-order valence-corrected chi connectivity index (χ1v) is 9.92. The van der Waals surface area contributed by atoms with Crippen molar-refractivity contribution < 1.29 is 4.79 Å². The SMILES string of the molecule is CCC[C@H](C)NC(=O)C12C[C@@H]3C[C@@H](C1)CC(c1ccccc1)(C3)C2. The third-order valence-corrected chi connectivity index (χ3v) is 7.03. The number of rotatable bonds is 5. The Morgan fingerprint density at radius 2 is 1.83 bits per heavy atom. The third-order valence-electron chi connectivity index (χ3n) is 7.03. The van der Waals surface area contributed by atoms with Crippen molar-refractivity contribution in [3.8, 4) is 0 Å². The van der Waals surface area contributed by atoms with Gasteiger partial charge in [-0.3, -0.25) is 4.79 Å². The van der Waals surface area contributed by atoms with Crippen LogP contribution in [-0.4, -0.2) is 11.9 Å².